The SMILES string of the molecule is COC(CC(=O)c1cc(Br)cs1)OC. The lowest BCUT2D eigenvalue weighted by atomic mass is 10.2. The first-order valence-electron chi connectivity index (χ1n) is 4.00. The Balaban J connectivity index is 2.58. The van der Waals surface area contributed by atoms with Crippen LogP contribution in [-0.4, -0.2) is 26.3 Å². The fraction of sp³-hybridized carbons (Fsp3) is 0.444. The van der Waals surface area contributed by atoms with Crippen molar-refractivity contribution in [3.63, 3.8) is 0 Å². The summed E-state index contributed by atoms with van der Waals surface area (Å²) in [6.45, 7) is 0. The second kappa shape index (κ2) is 5.60. The van der Waals surface area contributed by atoms with E-state index in [1.165, 1.54) is 25.6 Å². The molecule has 0 saturated heterocycles. The highest BCUT2D eigenvalue weighted by Crippen LogP contribution is 2.21. The van der Waals surface area contributed by atoms with Gasteiger partial charge in [0.05, 0.1) is 11.3 Å². The highest BCUT2D eigenvalue weighted by molar-refractivity contribution is 9.10. The van der Waals surface area contributed by atoms with Crippen molar-refractivity contribution in [3.05, 3.63) is 20.8 Å². The van der Waals surface area contributed by atoms with Gasteiger partial charge in [0.15, 0.2) is 12.1 Å². The van der Waals surface area contributed by atoms with Gasteiger partial charge in [-0.15, -0.1) is 11.3 Å². The number of carbonyl (C=O) groups is 1. The van der Waals surface area contributed by atoms with E-state index in [1.807, 2.05) is 5.38 Å². The Morgan fingerprint density at radius 3 is 2.64 bits per heavy atom. The van der Waals surface area contributed by atoms with Gasteiger partial charge in [-0.25, -0.2) is 0 Å². The molecule has 0 unspecified atom stereocenters. The number of Topliss-reactive ketones (excluding diaryl/α,β-unsaturated/α-hetero) is 1. The van der Waals surface area contributed by atoms with Gasteiger partial charge in [0, 0.05) is 24.1 Å². The van der Waals surface area contributed by atoms with Crippen LogP contribution in [0.25, 0.3) is 0 Å². The van der Waals surface area contributed by atoms with Crippen molar-refractivity contribution in [3.8, 4) is 0 Å². The monoisotopic (exact) mass is 278 g/mol. The largest absolute Gasteiger partial charge is 0.355 e. The summed E-state index contributed by atoms with van der Waals surface area (Å²) in [5.74, 6) is 0.0365. The molecular weight excluding hydrogens is 268 g/mol. The molecule has 0 saturated carbocycles. The molecule has 1 aromatic heterocycles. The molecule has 0 aliphatic carbocycles. The Morgan fingerprint density at radius 1 is 1.57 bits per heavy atom. The van der Waals surface area contributed by atoms with Crippen molar-refractivity contribution in [1.29, 1.82) is 0 Å². The molecule has 5 heteroatoms. The molecule has 3 nitrogen and oxygen atoms in total. The lowest BCUT2D eigenvalue weighted by Crippen LogP contribution is -2.17. The van der Waals surface area contributed by atoms with E-state index in [1.54, 1.807) is 6.07 Å². The minimum absolute atomic E-state index is 0.0365. The van der Waals surface area contributed by atoms with Crippen molar-refractivity contribution in [2.45, 2.75) is 12.7 Å². The summed E-state index contributed by atoms with van der Waals surface area (Å²) < 4.78 is 10.8. The second-order valence-corrected chi connectivity index (χ2v) is 4.48. The summed E-state index contributed by atoms with van der Waals surface area (Å²) in [7, 11) is 3.04. The molecule has 0 bridgehead atoms. The molecule has 1 aromatic rings. The standard InChI is InChI=1S/C9H11BrO3S/c1-12-9(13-2)4-7(11)8-3-6(10)5-14-8/h3,5,9H,4H2,1-2H3. The summed E-state index contributed by atoms with van der Waals surface area (Å²) in [5.41, 5.74) is 0. The van der Waals surface area contributed by atoms with Crippen LogP contribution >= 0.6 is 27.3 Å². The minimum Gasteiger partial charge on any atom is -0.355 e. The second-order valence-electron chi connectivity index (χ2n) is 2.66. The lowest BCUT2D eigenvalue weighted by molar-refractivity contribution is -0.0992. The lowest BCUT2D eigenvalue weighted by Gasteiger charge is -2.11. The number of methoxy groups -OCH3 is 2. The van der Waals surface area contributed by atoms with E-state index in [4.69, 9.17) is 9.47 Å². The van der Waals surface area contributed by atoms with Crippen LogP contribution in [0.5, 0.6) is 0 Å². The fourth-order valence-corrected chi connectivity index (χ4v) is 2.35. The summed E-state index contributed by atoms with van der Waals surface area (Å²) in [4.78, 5) is 12.3. The van der Waals surface area contributed by atoms with Gasteiger partial charge < -0.3 is 9.47 Å². The number of thiophene rings is 1. The zero-order valence-corrected chi connectivity index (χ0v) is 10.4. The van der Waals surface area contributed by atoms with Crippen LogP contribution in [-0.2, 0) is 9.47 Å². The summed E-state index contributed by atoms with van der Waals surface area (Å²) in [6.07, 6.45) is -0.205. The van der Waals surface area contributed by atoms with E-state index in [0.717, 1.165) is 9.35 Å². The maximum Gasteiger partial charge on any atom is 0.177 e. The normalized spacial score (nSPS) is 10.9. The molecule has 14 heavy (non-hydrogen) atoms. The van der Waals surface area contributed by atoms with Gasteiger partial charge in [-0.1, -0.05) is 0 Å². The van der Waals surface area contributed by atoms with E-state index < -0.39 is 6.29 Å². The molecule has 0 aliphatic rings. The maximum absolute atomic E-state index is 11.6. The van der Waals surface area contributed by atoms with Gasteiger partial charge in [0.25, 0.3) is 0 Å². The van der Waals surface area contributed by atoms with Crippen LogP contribution in [0.2, 0.25) is 0 Å². The van der Waals surface area contributed by atoms with Crippen LogP contribution in [0.4, 0.5) is 0 Å². The summed E-state index contributed by atoms with van der Waals surface area (Å²) >= 11 is 4.71. The number of rotatable bonds is 5. The number of halogens is 1. The van der Waals surface area contributed by atoms with Crippen molar-refractivity contribution in [2.24, 2.45) is 0 Å². The van der Waals surface area contributed by atoms with Crippen molar-refractivity contribution >= 4 is 33.0 Å². The molecule has 0 aliphatic heterocycles. The Labute approximate surface area is 95.2 Å². The Morgan fingerprint density at radius 2 is 2.21 bits per heavy atom. The van der Waals surface area contributed by atoms with Crippen LogP contribution < -0.4 is 0 Å². The number of hydrogen-bond donors (Lipinski definition) is 0. The third-order valence-corrected chi connectivity index (χ3v) is 3.45. The van der Waals surface area contributed by atoms with E-state index in [-0.39, 0.29) is 12.2 Å². The molecule has 0 radical (unpaired) electrons. The predicted octanol–water partition coefficient (Wildman–Crippen LogP) is 2.70. The van der Waals surface area contributed by atoms with Crippen LogP contribution in [0.15, 0.2) is 15.9 Å². The predicted molar refractivity (Wildman–Crippen MR) is 58.8 cm³/mol. The van der Waals surface area contributed by atoms with Crippen LogP contribution in [0.3, 0.4) is 0 Å². The van der Waals surface area contributed by atoms with Gasteiger partial charge in [-0.2, -0.15) is 0 Å². The minimum atomic E-state index is -0.455. The fourth-order valence-electron chi connectivity index (χ4n) is 0.974. The number of ketones is 1. The summed E-state index contributed by atoms with van der Waals surface area (Å²) in [6, 6.07) is 1.80. The van der Waals surface area contributed by atoms with Crippen molar-refractivity contribution in [1.82, 2.24) is 0 Å². The first-order valence-corrected chi connectivity index (χ1v) is 5.67. The average molecular weight is 279 g/mol. The van der Waals surface area contributed by atoms with Gasteiger partial charge >= 0.3 is 0 Å². The quantitative estimate of drug-likeness (QED) is 0.614. The maximum atomic E-state index is 11.6. The molecule has 78 valence electrons. The zero-order valence-electron chi connectivity index (χ0n) is 7.95. The average Bonchev–Trinajstić information content (AvgIpc) is 2.61. The molecule has 1 rings (SSSR count). The third-order valence-electron chi connectivity index (χ3n) is 1.72. The van der Waals surface area contributed by atoms with E-state index in [0.29, 0.717) is 0 Å². The van der Waals surface area contributed by atoms with Gasteiger partial charge in [-0.05, 0) is 22.0 Å². The van der Waals surface area contributed by atoms with E-state index in [2.05, 4.69) is 15.9 Å². The molecule has 0 fully saturated rings. The molecule has 0 aromatic carbocycles. The Hall–Kier alpha value is -0.230. The Bertz CT molecular complexity index is 307. The summed E-state index contributed by atoms with van der Waals surface area (Å²) in [5, 5.41) is 1.88. The molecule has 0 spiro atoms. The highest BCUT2D eigenvalue weighted by Gasteiger charge is 2.15. The van der Waals surface area contributed by atoms with Crippen molar-refractivity contribution < 1.29 is 14.3 Å². The number of carbonyl (C=O) groups excluding carboxylic acids is 1. The van der Waals surface area contributed by atoms with E-state index >= 15 is 0 Å². The topological polar surface area (TPSA) is 35.5 Å². The molecule has 0 amide bonds. The zero-order chi connectivity index (χ0) is 10.6. The van der Waals surface area contributed by atoms with Crippen LogP contribution in [0.1, 0.15) is 16.1 Å². The third kappa shape index (κ3) is 3.16. The first kappa shape index (κ1) is 11.8. The molecular formula is C9H11BrO3S. The number of ether oxygens (including phenoxy) is 2. The number of hydrogen-bond acceptors (Lipinski definition) is 4. The van der Waals surface area contributed by atoms with Gasteiger partial charge in [0.1, 0.15) is 0 Å². The van der Waals surface area contributed by atoms with Gasteiger partial charge in [-0.3, -0.25) is 4.79 Å². The van der Waals surface area contributed by atoms with Crippen molar-refractivity contribution in [2.75, 3.05) is 14.2 Å². The highest BCUT2D eigenvalue weighted by atomic mass is 79.9. The smallest absolute Gasteiger partial charge is 0.177 e. The van der Waals surface area contributed by atoms with Crippen LogP contribution in [0, 0.1) is 0 Å². The molecule has 0 atom stereocenters. The van der Waals surface area contributed by atoms with E-state index in [9.17, 15) is 4.79 Å². The Kier molecular flexibility index (Phi) is 4.74. The molecule has 1 heterocycles. The molecule has 0 N–H and O–H groups in total. The first-order chi connectivity index (χ1) is 6.67. The van der Waals surface area contributed by atoms with Gasteiger partial charge in [0.2, 0.25) is 0 Å².